The summed E-state index contributed by atoms with van der Waals surface area (Å²) in [4.78, 5) is 0. The van der Waals surface area contributed by atoms with Crippen molar-refractivity contribution in [3.63, 3.8) is 0 Å². The van der Waals surface area contributed by atoms with Crippen LogP contribution in [-0.4, -0.2) is 12.6 Å². The fraction of sp³-hybridized carbons (Fsp3) is 1.00. The Morgan fingerprint density at radius 1 is 0.824 bits per heavy atom. The first-order valence-corrected chi connectivity index (χ1v) is 8.13. The second-order valence-electron chi connectivity index (χ2n) is 6.32. The van der Waals surface area contributed by atoms with Gasteiger partial charge in [0.2, 0.25) is 0 Å². The molecule has 0 heterocycles. The van der Waals surface area contributed by atoms with Gasteiger partial charge >= 0.3 is 0 Å². The Labute approximate surface area is 108 Å². The molecule has 0 spiro atoms. The molecule has 2 rings (SSSR count). The standard InChI is InChI=1S/C16H31N/c1-2-7-14-8-6-9-15(14)12-13-17-16-10-4-3-5-11-16/h14-17H,2-13H2,1H3/t14-,15-/m1/s1. The molecular weight excluding hydrogens is 206 g/mol. The predicted octanol–water partition coefficient (Wildman–Crippen LogP) is 4.52. The fourth-order valence-electron chi connectivity index (χ4n) is 4.02. The maximum atomic E-state index is 3.81. The lowest BCUT2D eigenvalue weighted by Gasteiger charge is -2.25. The van der Waals surface area contributed by atoms with E-state index in [-0.39, 0.29) is 0 Å². The van der Waals surface area contributed by atoms with E-state index in [1.54, 1.807) is 0 Å². The summed E-state index contributed by atoms with van der Waals surface area (Å²) in [6, 6.07) is 0.856. The second kappa shape index (κ2) is 7.41. The Bertz CT molecular complexity index is 196. The number of nitrogens with one attached hydrogen (secondary N) is 1. The molecule has 100 valence electrons. The molecule has 0 radical (unpaired) electrons. The smallest absolute Gasteiger partial charge is 0.00670 e. The molecule has 0 saturated heterocycles. The topological polar surface area (TPSA) is 12.0 Å². The molecule has 2 fully saturated rings. The Balaban J connectivity index is 1.60. The van der Waals surface area contributed by atoms with Gasteiger partial charge in [0.15, 0.2) is 0 Å². The van der Waals surface area contributed by atoms with Crippen molar-refractivity contribution in [3.05, 3.63) is 0 Å². The molecule has 0 aromatic rings. The van der Waals surface area contributed by atoms with Crippen LogP contribution in [0.2, 0.25) is 0 Å². The zero-order valence-corrected chi connectivity index (χ0v) is 11.7. The van der Waals surface area contributed by atoms with E-state index in [9.17, 15) is 0 Å². The zero-order valence-electron chi connectivity index (χ0n) is 11.7. The van der Waals surface area contributed by atoms with E-state index >= 15 is 0 Å². The molecule has 1 N–H and O–H groups in total. The zero-order chi connectivity index (χ0) is 11.9. The highest BCUT2D eigenvalue weighted by molar-refractivity contribution is 4.79. The van der Waals surface area contributed by atoms with Gasteiger partial charge < -0.3 is 5.32 Å². The predicted molar refractivity (Wildman–Crippen MR) is 75.2 cm³/mol. The summed E-state index contributed by atoms with van der Waals surface area (Å²) < 4.78 is 0. The molecular formula is C16H31N. The molecule has 0 bridgehead atoms. The monoisotopic (exact) mass is 237 g/mol. The molecule has 1 heteroatoms. The maximum absolute atomic E-state index is 3.81. The van der Waals surface area contributed by atoms with Gasteiger partial charge in [-0.05, 0) is 37.6 Å². The number of hydrogen-bond acceptors (Lipinski definition) is 1. The van der Waals surface area contributed by atoms with Crippen molar-refractivity contribution in [2.75, 3.05) is 6.54 Å². The van der Waals surface area contributed by atoms with Gasteiger partial charge in [-0.25, -0.2) is 0 Å². The van der Waals surface area contributed by atoms with Crippen LogP contribution in [-0.2, 0) is 0 Å². The van der Waals surface area contributed by atoms with E-state index in [0.29, 0.717) is 0 Å². The molecule has 2 aliphatic carbocycles. The minimum Gasteiger partial charge on any atom is -0.314 e. The summed E-state index contributed by atoms with van der Waals surface area (Å²) in [6.45, 7) is 3.63. The molecule has 1 nitrogen and oxygen atoms in total. The summed E-state index contributed by atoms with van der Waals surface area (Å²) in [7, 11) is 0. The lowest BCUT2D eigenvalue weighted by Crippen LogP contribution is -2.32. The normalized spacial score (nSPS) is 30.9. The van der Waals surface area contributed by atoms with Crippen molar-refractivity contribution in [2.24, 2.45) is 11.8 Å². The highest BCUT2D eigenvalue weighted by atomic mass is 14.9. The summed E-state index contributed by atoms with van der Waals surface area (Å²) in [5.74, 6) is 2.11. The van der Waals surface area contributed by atoms with Gasteiger partial charge in [0.25, 0.3) is 0 Å². The molecule has 0 aliphatic heterocycles. The molecule has 0 aromatic heterocycles. The quantitative estimate of drug-likeness (QED) is 0.716. The van der Waals surface area contributed by atoms with Crippen LogP contribution in [0.3, 0.4) is 0 Å². The van der Waals surface area contributed by atoms with Gasteiger partial charge in [0.05, 0.1) is 0 Å². The van der Waals surface area contributed by atoms with E-state index in [2.05, 4.69) is 12.2 Å². The average molecular weight is 237 g/mol. The van der Waals surface area contributed by atoms with Crippen LogP contribution in [0.4, 0.5) is 0 Å². The minimum atomic E-state index is 0.856. The van der Waals surface area contributed by atoms with Crippen molar-refractivity contribution >= 4 is 0 Å². The van der Waals surface area contributed by atoms with E-state index in [1.165, 1.54) is 77.2 Å². The van der Waals surface area contributed by atoms with E-state index < -0.39 is 0 Å². The summed E-state index contributed by atoms with van der Waals surface area (Å²) >= 11 is 0. The van der Waals surface area contributed by atoms with Gasteiger partial charge in [-0.15, -0.1) is 0 Å². The lowest BCUT2D eigenvalue weighted by atomic mass is 9.89. The third-order valence-corrected chi connectivity index (χ3v) is 5.03. The maximum Gasteiger partial charge on any atom is 0.00670 e. The van der Waals surface area contributed by atoms with E-state index in [4.69, 9.17) is 0 Å². The average Bonchev–Trinajstić information content (AvgIpc) is 2.79. The van der Waals surface area contributed by atoms with Crippen LogP contribution in [0.25, 0.3) is 0 Å². The Morgan fingerprint density at radius 3 is 2.24 bits per heavy atom. The van der Waals surface area contributed by atoms with Crippen LogP contribution in [0.1, 0.15) is 77.6 Å². The Morgan fingerprint density at radius 2 is 1.53 bits per heavy atom. The molecule has 0 unspecified atom stereocenters. The van der Waals surface area contributed by atoms with Crippen molar-refractivity contribution in [3.8, 4) is 0 Å². The van der Waals surface area contributed by atoms with Crippen molar-refractivity contribution in [1.29, 1.82) is 0 Å². The van der Waals surface area contributed by atoms with Crippen LogP contribution in [0.15, 0.2) is 0 Å². The number of rotatable bonds is 6. The third kappa shape index (κ3) is 4.28. The lowest BCUT2D eigenvalue weighted by molar-refractivity contribution is 0.313. The molecule has 17 heavy (non-hydrogen) atoms. The minimum absolute atomic E-state index is 0.856. The highest BCUT2D eigenvalue weighted by Crippen LogP contribution is 2.36. The SMILES string of the molecule is CCC[C@@H]1CCC[C@@H]1CCNC1CCCCC1. The Kier molecular flexibility index (Phi) is 5.84. The summed E-state index contributed by atoms with van der Waals surface area (Å²) in [6.07, 6.45) is 16.1. The first kappa shape index (κ1) is 13.4. The van der Waals surface area contributed by atoms with Gasteiger partial charge in [-0.3, -0.25) is 0 Å². The van der Waals surface area contributed by atoms with Gasteiger partial charge in [0, 0.05) is 6.04 Å². The third-order valence-electron chi connectivity index (χ3n) is 5.03. The largest absolute Gasteiger partial charge is 0.314 e. The fourth-order valence-corrected chi connectivity index (χ4v) is 4.02. The van der Waals surface area contributed by atoms with Crippen LogP contribution < -0.4 is 5.32 Å². The number of hydrogen-bond donors (Lipinski definition) is 1. The van der Waals surface area contributed by atoms with Gasteiger partial charge in [-0.2, -0.15) is 0 Å². The summed E-state index contributed by atoms with van der Waals surface area (Å²) in [5, 5.41) is 3.81. The second-order valence-corrected chi connectivity index (χ2v) is 6.32. The van der Waals surface area contributed by atoms with Gasteiger partial charge in [-0.1, -0.05) is 58.3 Å². The van der Waals surface area contributed by atoms with Crippen LogP contribution in [0, 0.1) is 11.8 Å². The molecule has 2 aliphatic rings. The Hall–Kier alpha value is -0.0400. The van der Waals surface area contributed by atoms with Crippen molar-refractivity contribution in [2.45, 2.75) is 83.6 Å². The highest BCUT2D eigenvalue weighted by Gasteiger charge is 2.26. The molecule has 2 atom stereocenters. The molecule has 2 saturated carbocycles. The van der Waals surface area contributed by atoms with E-state index in [1.807, 2.05) is 0 Å². The van der Waals surface area contributed by atoms with Crippen LogP contribution in [0.5, 0.6) is 0 Å². The van der Waals surface area contributed by atoms with Crippen LogP contribution >= 0.6 is 0 Å². The first-order valence-electron chi connectivity index (χ1n) is 8.13. The molecule has 0 aromatic carbocycles. The van der Waals surface area contributed by atoms with E-state index in [0.717, 1.165) is 17.9 Å². The molecule has 0 amide bonds. The summed E-state index contributed by atoms with van der Waals surface area (Å²) in [5.41, 5.74) is 0. The first-order chi connectivity index (χ1) is 8.40. The van der Waals surface area contributed by atoms with Crippen molar-refractivity contribution in [1.82, 2.24) is 5.32 Å². The van der Waals surface area contributed by atoms with Crippen molar-refractivity contribution < 1.29 is 0 Å². The van der Waals surface area contributed by atoms with Gasteiger partial charge in [0.1, 0.15) is 0 Å².